The zero-order valence-electron chi connectivity index (χ0n) is 20.0. The quantitative estimate of drug-likeness (QED) is 0.298. The molecule has 3 aromatic heterocycles. The number of thiophene rings is 1. The Labute approximate surface area is 210 Å². The molecule has 3 heterocycles. The van der Waals surface area contributed by atoms with Crippen LogP contribution in [0.1, 0.15) is 63.0 Å². The molecule has 0 spiro atoms. The molecule has 7 nitrogen and oxygen atoms in total. The smallest absolute Gasteiger partial charge is 0.227 e. The lowest BCUT2D eigenvalue weighted by molar-refractivity contribution is 0.408. The number of nitrogens with zero attached hydrogens (tertiary/aromatic N) is 4. The Balaban J connectivity index is 1.26. The van der Waals surface area contributed by atoms with Crippen molar-refractivity contribution in [2.45, 2.75) is 76.0 Å². The van der Waals surface area contributed by atoms with Crippen molar-refractivity contribution in [3.8, 4) is 10.4 Å². The number of rotatable bonds is 7. The van der Waals surface area contributed by atoms with Crippen molar-refractivity contribution in [3.63, 3.8) is 0 Å². The average Bonchev–Trinajstić information content (AvgIpc) is 3.65. The van der Waals surface area contributed by atoms with Crippen molar-refractivity contribution in [2.75, 3.05) is 10.6 Å². The standard InChI is InChI=1S/C27H33N7S/c28-20-5-3-6-21(15-20)31-27-32-25(24-26(33-27)34(17-30-24)22-7-1-2-8-22)29-16-18-10-12-19(13-11-18)23-9-4-14-35-23/h4,9-14,17,20-22H,1-3,5-8,15-16,28H2,(H2,29,31,32,33). The average molecular weight is 488 g/mol. The van der Waals surface area contributed by atoms with Crippen molar-refractivity contribution in [3.05, 3.63) is 53.7 Å². The SMILES string of the molecule is NC1CCCC(Nc2nc(NCc3ccc(-c4cccs4)cc3)c3ncn(C4CCCC4)c3n2)C1. The molecule has 0 amide bonds. The molecule has 4 aromatic rings. The third kappa shape index (κ3) is 4.90. The summed E-state index contributed by atoms with van der Waals surface area (Å²) >= 11 is 1.76. The van der Waals surface area contributed by atoms with Gasteiger partial charge in [0.15, 0.2) is 17.0 Å². The predicted octanol–water partition coefficient (Wildman–Crippen LogP) is 5.96. The normalized spacial score (nSPS) is 20.9. The molecule has 0 aliphatic heterocycles. The van der Waals surface area contributed by atoms with Crippen LogP contribution in [0, 0.1) is 0 Å². The van der Waals surface area contributed by atoms with Crippen molar-refractivity contribution >= 4 is 34.3 Å². The highest BCUT2D eigenvalue weighted by Gasteiger charge is 2.24. The molecule has 2 aliphatic carbocycles. The maximum atomic E-state index is 6.24. The number of hydrogen-bond donors (Lipinski definition) is 3. The van der Waals surface area contributed by atoms with Gasteiger partial charge in [-0.05, 0) is 61.1 Å². The minimum absolute atomic E-state index is 0.253. The second kappa shape index (κ2) is 9.95. The first kappa shape index (κ1) is 22.5. The molecule has 0 radical (unpaired) electrons. The molecule has 1 aromatic carbocycles. The highest BCUT2D eigenvalue weighted by molar-refractivity contribution is 7.13. The van der Waals surface area contributed by atoms with Gasteiger partial charge in [-0.1, -0.05) is 43.2 Å². The Morgan fingerprint density at radius 2 is 1.86 bits per heavy atom. The number of fused-ring (bicyclic) bond motifs is 1. The fraction of sp³-hybridized carbons (Fsp3) is 0.444. The monoisotopic (exact) mass is 487 g/mol. The first-order valence-electron chi connectivity index (χ1n) is 12.9. The lowest BCUT2D eigenvalue weighted by Crippen LogP contribution is -2.35. The lowest BCUT2D eigenvalue weighted by Gasteiger charge is -2.27. The highest BCUT2D eigenvalue weighted by atomic mass is 32.1. The van der Waals surface area contributed by atoms with Crippen molar-refractivity contribution in [2.24, 2.45) is 5.73 Å². The van der Waals surface area contributed by atoms with E-state index in [0.717, 1.165) is 42.7 Å². The Bertz CT molecular complexity index is 1260. The van der Waals surface area contributed by atoms with E-state index in [0.29, 0.717) is 24.6 Å². The van der Waals surface area contributed by atoms with Crippen molar-refractivity contribution in [1.82, 2.24) is 19.5 Å². The maximum Gasteiger partial charge on any atom is 0.227 e. The number of aromatic nitrogens is 4. The zero-order chi connectivity index (χ0) is 23.6. The number of benzene rings is 1. The van der Waals surface area contributed by atoms with Gasteiger partial charge < -0.3 is 20.9 Å². The Morgan fingerprint density at radius 1 is 1.00 bits per heavy atom. The molecule has 182 valence electrons. The van der Waals surface area contributed by atoms with Crippen LogP contribution >= 0.6 is 11.3 Å². The Morgan fingerprint density at radius 3 is 2.63 bits per heavy atom. The van der Waals surface area contributed by atoms with Crippen LogP contribution in [0.15, 0.2) is 48.1 Å². The van der Waals surface area contributed by atoms with Gasteiger partial charge in [0.25, 0.3) is 0 Å². The molecular weight excluding hydrogens is 454 g/mol. The molecule has 2 atom stereocenters. The fourth-order valence-electron chi connectivity index (χ4n) is 5.51. The van der Waals surface area contributed by atoms with Gasteiger partial charge in [-0.15, -0.1) is 11.3 Å². The van der Waals surface area contributed by atoms with Crippen molar-refractivity contribution < 1.29 is 0 Å². The first-order chi connectivity index (χ1) is 17.2. The number of nitrogens with one attached hydrogen (secondary N) is 2. The summed E-state index contributed by atoms with van der Waals surface area (Å²) in [6.45, 7) is 0.681. The van der Waals surface area contributed by atoms with E-state index >= 15 is 0 Å². The third-order valence-electron chi connectivity index (χ3n) is 7.41. The summed E-state index contributed by atoms with van der Waals surface area (Å²) in [4.78, 5) is 15.9. The first-order valence-corrected chi connectivity index (χ1v) is 13.7. The molecule has 2 saturated carbocycles. The summed E-state index contributed by atoms with van der Waals surface area (Å²) in [5.41, 5.74) is 10.5. The minimum Gasteiger partial charge on any atom is -0.364 e. The van der Waals surface area contributed by atoms with Crippen LogP contribution in [0.4, 0.5) is 11.8 Å². The van der Waals surface area contributed by atoms with Gasteiger partial charge in [0, 0.05) is 29.5 Å². The number of hydrogen-bond acceptors (Lipinski definition) is 7. The molecule has 2 fully saturated rings. The van der Waals surface area contributed by atoms with Crippen LogP contribution in [0.5, 0.6) is 0 Å². The summed E-state index contributed by atoms with van der Waals surface area (Å²) in [6, 6.07) is 14.0. The van der Waals surface area contributed by atoms with Crippen LogP contribution in [0.3, 0.4) is 0 Å². The summed E-state index contributed by atoms with van der Waals surface area (Å²) in [5, 5.41) is 9.26. The molecule has 8 heteroatoms. The van der Waals surface area contributed by atoms with Gasteiger partial charge in [-0.2, -0.15) is 9.97 Å². The van der Waals surface area contributed by atoms with E-state index in [9.17, 15) is 0 Å². The van der Waals surface area contributed by atoms with E-state index in [2.05, 4.69) is 57.0 Å². The van der Waals surface area contributed by atoms with Crippen LogP contribution in [0.25, 0.3) is 21.6 Å². The Kier molecular flexibility index (Phi) is 6.39. The summed E-state index contributed by atoms with van der Waals surface area (Å²) in [6.07, 6.45) is 11.2. The van der Waals surface area contributed by atoms with Gasteiger partial charge in [0.1, 0.15) is 0 Å². The second-order valence-electron chi connectivity index (χ2n) is 9.95. The van der Waals surface area contributed by atoms with Gasteiger partial charge in [0.2, 0.25) is 5.95 Å². The number of nitrogens with two attached hydrogens (primary N) is 1. The van der Waals surface area contributed by atoms with E-state index in [1.54, 1.807) is 11.3 Å². The van der Waals surface area contributed by atoms with E-state index in [1.807, 2.05) is 6.33 Å². The van der Waals surface area contributed by atoms with Crippen molar-refractivity contribution in [1.29, 1.82) is 0 Å². The molecule has 2 aliphatic rings. The topological polar surface area (TPSA) is 93.7 Å². The van der Waals surface area contributed by atoms with Crippen LogP contribution in [-0.2, 0) is 6.54 Å². The fourth-order valence-corrected chi connectivity index (χ4v) is 6.24. The minimum atomic E-state index is 0.253. The molecule has 0 bridgehead atoms. The largest absolute Gasteiger partial charge is 0.364 e. The number of imidazole rings is 1. The molecular formula is C27H33N7S. The highest BCUT2D eigenvalue weighted by Crippen LogP contribution is 2.33. The molecule has 0 saturated heterocycles. The predicted molar refractivity (Wildman–Crippen MR) is 144 cm³/mol. The van der Waals surface area contributed by atoms with Gasteiger partial charge in [0.05, 0.1) is 6.33 Å². The molecule has 2 unspecified atom stereocenters. The van der Waals surface area contributed by atoms with Crippen LogP contribution < -0.4 is 16.4 Å². The maximum absolute atomic E-state index is 6.24. The van der Waals surface area contributed by atoms with Gasteiger partial charge in [-0.3, -0.25) is 0 Å². The lowest BCUT2D eigenvalue weighted by atomic mass is 9.92. The van der Waals surface area contributed by atoms with E-state index in [1.165, 1.54) is 41.7 Å². The summed E-state index contributed by atoms with van der Waals surface area (Å²) in [7, 11) is 0. The third-order valence-corrected chi connectivity index (χ3v) is 8.33. The van der Waals surface area contributed by atoms with Crippen LogP contribution in [-0.4, -0.2) is 31.6 Å². The molecule has 4 N–H and O–H groups in total. The zero-order valence-corrected chi connectivity index (χ0v) is 20.8. The van der Waals surface area contributed by atoms with Crippen LogP contribution in [0.2, 0.25) is 0 Å². The van der Waals surface area contributed by atoms with E-state index in [4.69, 9.17) is 20.7 Å². The summed E-state index contributed by atoms with van der Waals surface area (Å²) < 4.78 is 2.27. The molecule has 6 rings (SSSR count). The van der Waals surface area contributed by atoms with E-state index < -0.39 is 0 Å². The second-order valence-corrected chi connectivity index (χ2v) is 10.9. The van der Waals surface area contributed by atoms with E-state index in [-0.39, 0.29) is 6.04 Å². The summed E-state index contributed by atoms with van der Waals surface area (Å²) in [5.74, 6) is 1.46. The van der Waals surface area contributed by atoms with Gasteiger partial charge >= 0.3 is 0 Å². The number of anilines is 2. The molecule has 35 heavy (non-hydrogen) atoms. The van der Waals surface area contributed by atoms with Gasteiger partial charge in [-0.25, -0.2) is 4.98 Å². The Hall–Kier alpha value is -2.97.